The number of rotatable bonds is 10. The van der Waals surface area contributed by atoms with Gasteiger partial charge in [0.15, 0.2) is 5.96 Å². The summed E-state index contributed by atoms with van der Waals surface area (Å²) in [5.74, 6) is 1.47. The second-order valence-corrected chi connectivity index (χ2v) is 7.47. The van der Waals surface area contributed by atoms with Crippen molar-refractivity contribution >= 4 is 35.8 Å². The first kappa shape index (κ1) is 25.4. The van der Waals surface area contributed by atoms with Gasteiger partial charge in [0.05, 0.1) is 13.2 Å². The van der Waals surface area contributed by atoms with E-state index < -0.39 is 0 Å². The van der Waals surface area contributed by atoms with Crippen LogP contribution in [0.4, 0.5) is 0 Å². The number of likely N-dealkylation sites (tertiary alicyclic amines) is 1. The predicted molar refractivity (Wildman–Crippen MR) is 123 cm³/mol. The van der Waals surface area contributed by atoms with Crippen molar-refractivity contribution in [3.05, 3.63) is 0 Å². The van der Waals surface area contributed by atoms with Gasteiger partial charge in [0.1, 0.15) is 0 Å². The second kappa shape index (κ2) is 15.3. The van der Waals surface area contributed by atoms with E-state index in [9.17, 15) is 4.79 Å². The number of carbonyl (C=O) groups excluding carboxylic acids is 1. The van der Waals surface area contributed by atoms with Gasteiger partial charge in [-0.3, -0.25) is 9.79 Å². The van der Waals surface area contributed by atoms with Crippen molar-refractivity contribution in [2.75, 3.05) is 53.1 Å². The van der Waals surface area contributed by atoms with Crippen LogP contribution >= 0.6 is 24.0 Å². The summed E-state index contributed by atoms with van der Waals surface area (Å²) in [6.07, 6.45) is 7.72. The van der Waals surface area contributed by atoms with Gasteiger partial charge in [-0.2, -0.15) is 0 Å². The predicted octanol–water partition coefficient (Wildman–Crippen LogP) is 2.39. The summed E-state index contributed by atoms with van der Waals surface area (Å²) < 4.78 is 10.4. The first-order valence-electron chi connectivity index (χ1n) is 10.6. The largest absolute Gasteiger partial charge is 0.382 e. The van der Waals surface area contributed by atoms with Crippen LogP contribution in [0.3, 0.4) is 0 Å². The van der Waals surface area contributed by atoms with Crippen molar-refractivity contribution < 1.29 is 14.3 Å². The first-order chi connectivity index (χ1) is 13.2. The number of hydrogen-bond donors (Lipinski definition) is 2. The molecule has 7 nitrogen and oxygen atoms in total. The Morgan fingerprint density at radius 1 is 1.14 bits per heavy atom. The number of nitrogens with one attached hydrogen (secondary N) is 2. The van der Waals surface area contributed by atoms with Gasteiger partial charge >= 0.3 is 0 Å². The molecule has 1 atom stereocenters. The number of methoxy groups -OCH3 is 1. The molecule has 0 bridgehead atoms. The minimum Gasteiger partial charge on any atom is -0.382 e. The number of nitrogens with zero attached hydrogens (tertiary/aromatic N) is 2. The molecule has 164 valence electrons. The van der Waals surface area contributed by atoms with Crippen LogP contribution < -0.4 is 10.6 Å². The van der Waals surface area contributed by atoms with Crippen LogP contribution in [0.15, 0.2) is 4.99 Å². The Hall–Kier alpha value is -0.610. The number of amides is 1. The molecule has 1 unspecified atom stereocenters. The summed E-state index contributed by atoms with van der Waals surface area (Å²) in [6.45, 7) is 7.22. The van der Waals surface area contributed by atoms with Gasteiger partial charge in [-0.15, -0.1) is 24.0 Å². The molecule has 1 aliphatic heterocycles. The van der Waals surface area contributed by atoms with Crippen molar-refractivity contribution in [1.29, 1.82) is 0 Å². The van der Waals surface area contributed by atoms with Gasteiger partial charge in [-0.1, -0.05) is 19.3 Å². The first-order valence-corrected chi connectivity index (χ1v) is 10.6. The van der Waals surface area contributed by atoms with Gasteiger partial charge in [0.2, 0.25) is 5.91 Å². The Labute approximate surface area is 187 Å². The summed E-state index contributed by atoms with van der Waals surface area (Å²) in [4.78, 5) is 19.4. The minimum atomic E-state index is 0. The molecule has 1 saturated carbocycles. The van der Waals surface area contributed by atoms with E-state index in [0.717, 1.165) is 57.8 Å². The van der Waals surface area contributed by atoms with Crippen molar-refractivity contribution in [3.63, 3.8) is 0 Å². The van der Waals surface area contributed by atoms with Gasteiger partial charge < -0.3 is 25.0 Å². The molecule has 28 heavy (non-hydrogen) atoms. The van der Waals surface area contributed by atoms with Crippen LogP contribution in [0.2, 0.25) is 0 Å². The SMILES string of the molecule is CCNC(=NCCCOCCOC)NC1CCN(C(=O)C2CCCCC2)C1.I. The highest BCUT2D eigenvalue weighted by molar-refractivity contribution is 14.0. The molecule has 2 fully saturated rings. The normalized spacial score (nSPS) is 20.7. The third-order valence-electron chi connectivity index (χ3n) is 5.29. The summed E-state index contributed by atoms with van der Waals surface area (Å²) in [5, 5.41) is 6.80. The van der Waals surface area contributed by atoms with Crippen LogP contribution in [0.5, 0.6) is 0 Å². The highest BCUT2D eigenvalue weighted by atomic mass is 127. The summed E-state index contributed by atoms with van der Waals surface area (Å²) in [6, 6.07) is 0.285. The Bertz CT molecular complexity index is 459. The number of aliphatic imine (C=N–C) groups is 1. The molecule has 2 N–H and O–H groups in total. The van der Waals surface area contributed by atoms with E-state index in [1.807, 2.05) is 0 Å². The molecule has 1 amide bonds. The number of halogens is 1. The smallest absolute Gasteiger partial charge is 0.225 e. The molecule has 0 spiro atoms. The zero-order valence-corrected chi connectivity index (χ0v) is 19.9. The van der Waals surface area contributed by atoms with E-state index in [4.69, 9.17) is 9.47 Å². The average molecular weight is 510 g/mol. The van der Waals surface area contributed by atoms with Gasteiger partial charge in [-0.25, -0.2) is 0 Å². The third-order valence-corrected chi connectivity index (χ3v) is 5.29. The van der Waals surface area contributed by atoms with E-state index in [-0.39, 0.29) is 35.9 Å². The summed E-state index contributed by atoms with van der Waals surface area (Å²) in [7, 11) is 1.68. The molecule has 1 aliphatic carbocycles. The lowest BCUT2D eigenvalue weighted by molar-refractivity contribution is -0.135. The molecule has 0 radical (unpaired) electrons. The number of carbonyl (C=O) groups is 1. The molecule has 2 aliphatic rings. The van der Waals surface area contributed by atoms with Crippen LogP contribution in [0, 0.1) is 5.92 Å². The van der Waals surface area contributed by atoms with Crippen LogP contribution in [0.1, 0.15) is 51.9 Å². The van der Waals surface area contributed by atoms with E-state index in [1.165, 1.54) is 19.3 Å². The number of hydrogen-bond acceptors (Lipinski definition) is 4. The number of guanidine groups is 1. The van der Waals surface area contributed by atoms with Gasteiger partial charge in [0.25, 0.3) is 0 Å². The zero-order valence-electron chi connectivity index (χ0n) is 17.6. The molecule has 0 aromatic rings. The minimum absolute atomic E-state index is 0. The van der Waals surface area contributed by atoms with Crippen molar-refractivity contribution in [1.82, 2.24) is 15.5 Å². The van der Waals surface area contributed by atoms with Gasteiger partial charge in [-0.05, 0) is 32.6 Å². The van der Waals surface area contributed by atoms with Crippen molar-refractivity contribution in [2.24, 2.45) is 10.9 Å². The third kappa shape index (κ3) is 9.26. The molecule has 2 rings (SSSR count). The Morgan fingerprint density at radius 3 is 2.64 bits per heavy atom. The molecule has 8 heteroatoms. The van der Waals surface area contributed by atoms with Gasteiger partial charge in [0, 0.05) is 51.9 Å². The van der Waals surface area contributed by atoms with Crippen LogP contribution in [-0.2, 0) is 14.3 Å². The summed E-state index contributed by atoms with van der Waals surface area (Å²) in [5.41, 5.74) is 0. The fraction of sp³-hybridized carbons (Fsp3) is 0.900. The van der Waals surface area contributed by atoms with E-state index >= 15 is 0 Å². The molecule has 0 aromatic heterocycles. The zero-order chi connectivity index (χ0) is 19.3. The number of ether oxygens (including phenoxy) is 2. The van der Waals surface area contributed by atoms with Crippen molar-refractivity contribution in [3.8, 4) is 0 Å². The fourth-order valence-corrected chi connectivity index (χ4v) is 3.80. The highest BCUT2D eigenvalue weighted by Crippen LogP contribution is 2.26. The van der Waals surface area contributed by atoms with Crippen molar-refractivity contribution in [2.45, 2.75) is 57.9 Å². The van der Waals surface area contributed by atoms with E-state index in [2.05, 4.69) is 27.4 Å². The monoisotopic (exact) mass is 510 g/mol. The average Bonchev–Trinajstić information content (AvgIpc) is 3.16. The van der Waals surface area contributed by atoms with Crippen LogP contribution in [-0.4, -0.2) is 75.9 Å². The molecule has 0 aromatic carbocycles. The molecule has 1 heterocycles. The lowest BCUT2D eigenvalue weighted by Crippen LogP contribution is -2.45. The lowest BCUT2D eigenvalue weighted by atomic mass is 9.88. The fourth-order valence-electron chi connectivity index (χ4n) is 3.80. The molecular weight excluding hydrogens is 471 g/mol. The topological polar surface area (TPSA) is 75.2 Å². The quantitative estimate of drug-likeness (QED) is 0.204. The molecular formula is C20H39IN4O3. The maximum atomic E-state index is 12.7. The maximum absolute atomic E-state index is 12.7. The summed E-state index contributed by atoms with van der Waals surface area (Å²) >= 11 is 0. The van der Waals surface area contributed by atoms with E-state index in [1.54, 1.807) is 7.11 Å². The van der Waals surface area contributed by atoms with Crippen LogP contribution in [0.25, 0.3) is 0 Å². The second-order valence-electron chi connectivity index (χ2n) is 7.47. The Kier molecular flexibility index (Phi) is 13.9. The standard InChI is InChI=1S/C20H38N4O3.HI/c1-3-21-20(22-11-7-13-27-15-14-26-2)23-18-10-12-24(16-18)19(25)17-8-5-4-6-9-17;/h17-18H,3-16H2,1-2H3,(H2,21,22,23);1H. The maximum Gasteiger partial charge on any atom is 0.225 e. The van der Waals surface area contributed by atoms with E-state index in [0.29, 0.717) is 25.7 Å². The lowest BCUT2D eigenvalue weighted by Gasteiger charge is -2.26. The Balaban J connectivity index is 0.00000392. The highest BCUT2D eigenvalue weighted by Gasteiger charge is 2.31. The molecule has 1 saturated heterocycles. The Morgan fingerprint density at radius 2 is 1.93 bits per heavy atom.